The van der Waals surface area contributed by atoms with Crippen molar-refractivity contribution in [3.63, 3.8) is 0 Å². The van der Waals surface area contributed by atoms with Crippen molar-refractivity contribution in [1.82, 2.24) is 20.1 Å². The van der Waals surface area contributed by atoms with E-state index in [2.05, 4.69) is 25.4 Å². The van der Waals surface area contributed by atoms with E-state index in [-0.39, 0.29) is 11.5 Å². The first-order chi connectivity index (χ1) is 15.9. The van der Waals surface area contributed by atoms with Gasteiger partial charge in [-0.1, -0.05) is 22.8 Å². The quantitative estimate of drug-likeness (QED) is 0.314. The van der Waals surface area contributed by atoms with Gasteiger partial charge in [0.1, 0.15) is 0 Å². The van der Waals surface area contributed by atoms with Crippen LogP contribution in [-0.2, 0) is 6.18 Å². The molecule has 0 aliphatic rings. The molecule has 2 aromatic carbocycles. The Morgan fingerprint density at radius 1 is 0.970 bits per heavy atom. The van der Waals surface area contributed by atoms with Crippen LogP contribution in [0.3, 0.4) is 0 Å². The van der Waals surface area contributed by atoms with Crippen LogP contribution in [0, 0.1) is 0 Å². The monoisotopic (exact) mass is 467 g/mol. The smallest absolute Gasteiger partial charge is 0.353 e. The molecule has 164 valence electrons. The van der Waals surface area contributed by atoms with Crippen LogP contribution in [0.15, 0.2) is 77.7 Å². The Labute approximate surface area is 190 Å². The number of fused-ring (bicyclic) bond motifs is 1. The molecule has 3 aromatic heterocycles. The molecule has 33 heavy (non-hydrogen) atoms. The molecule has 0 aliphatic heterocycles. The van der Waals surface area contributed by atoms with Crippen LogP contribution < -0.4 is 5.32 Å². The van der Waals surface area contributed by atoms with E-state index in [1.807, 2.05) is 6.07 Å². The number of halogens is 4. The molecule has 3 heterocycles. The molecule has 0 fully saturated rings. The van der Waals surface area contributed by atoms with Crippen molar-refractivity contribution in [3.05, 3.63) is 83.8 Å². The average Bonchev–Trinajstić information content (AvgIpc) is 3.21. The summed E-state index contributed by atoms with van der Waals surface area (Å²) in [4.78, 5) is 13.0. The Hall–Kier alpha value is -3.98. The van der Waals surface area contributed by atoms with E-state index in [4.69, 9.17) is 16.1 Å². The van der Waals surface area contributed by atoms with Gasteiger partial charge in [0.2, 0.25) is 0 Å². The van der Waals surface area contributed by atoms with Crippen molar-refractivity contribution >= 4 is 34.1 Å². The minimum absolute atomic E-state index is 0.214. The van der Waals surface area contributed by atoms with Crippen LogP contribution in [0.1, 0.15) is 5.56 Å². The van der Waals surface area contributed by atoms with Crippen molar-refractivity contribution in [1.29, 1.82) is 0 Å². The fraction of sp³-hybridized carbons (Fsp3) is 0.0435. The fourth-order valence-electron chi connectivity index (χ4n) is 3.34. The van der Waals surface area contributed by atoms with Crippen molar-refractivity contribution in [3.8, 4) is 22.6 Å². The second-order valence-corrected chi connectivity index (χ2v) is 7.45. The van der Waals surface area contributed by atoms with E-state index < -0.39 is 11.7 Å². The number of nitrogens with one attached hydrogen (secondary N) is 1. The summed E-state index contributed by atoms with van der Waals surface area (Å²) in [7, 11) is 0. The lowest BCUT2D eigenvalue weighted by molar-refractivity contribution is -0.137. The second kappa shape index (κ2) is 8.18. The topological polar surface area (TPSA) is 76.7 Å². The van der Waals surface area contributed by atoms with Gasteiger partial charge in [-0.15, -0.1) is 0 Å². The minimum atomic E-state index is -4.46. The number of pyridine rings is 1. The maximum absolute atomic E-state index is 13.0. The summed E-state index contributed by atoms with van der Waals surface area (Å²) in [5, 5.41) is 7.73. The molecule has 0 atom stereocenters. The van der Waals surface area contributed by atoms with E-state index in [9.17, 15) is 13.2 Å². The van der Waals surface area contributed by atoms with Crippen molar-refractivity contribution in [2.75, 3.05) is 5.32 Å². The number of alkyl halides is 3. The molecule has 0 saturated heterocycles. The van der Waals surface area contributed by atoms with E-state index in [0.717, 1.165) is 17.7 Å². The number of benzene rings is 2. The number of nitrogens with zero attached hydrogens (tertiary/aromatic N) is 4. The van der Waals surface area contributed by atoms with Gasteiger partial charge >= 0.3 is 6.18 Å². The van der Waals surface area contributed by atoms with Crippen LogP contribution in [0.25, 0.3) is 33.6 Å². The van der Waals surface area contributed by atoms with Crippen molar-refractivity contribution in [2.24, 2.45) is 0 Å². The average molecular weight is 468 g/mol. The van der Waals surface area contributed by atoms with Gasteiger partial charge in [0, 0.05) is 29.8 Å². The molecule has 0 spiro atoms. The van der Waals surface area contributed by atoms with E-state index in [1.54, 1.807) is 42.9 Å². The molecule has 5 aromatic rings. The lowest BCUT2D eigenvalue weighted by Crippen LogP contribution is -2.05. The zero-order valence-electron chi connectivity index (χ0n) is 16.6. The van der Waals surface area contributed by atoms with Gasteiger partial charge in [0.05, 0.1) is 27.2 Å². The maximum atomic E-state index is 13.0. The molecular weight excluding hydrogens is 455 g/mol. The molecule has 0 bridgehead atoms. The minimum Gasteiger partial charge on any atom is -0.353 e. The van der Waals surface area contributed by atoms with E-state index >= 15 is 0 Å². The highest BCUT2D eigenvalue weighted by Crippen LogP contribution is 2.38. The van der Waals surface area contributed by atoms with Gasteiger partial charge in [-0.2, -0.15) is 13.2 Å². The molecule has 0 aliphatic carbocycles. The Balaban J connectivity index is 1.56. The van der Waals surface area contributed by atoms with Crippen LogP contribution in [0.4, 0.5) is 24.7 Å². The molecule has 10 heteroatoms. The van der Waals surface area contributed by atoms with Gasteiger partial charge in [-0.3, -0.25) is 4.98 Å². The number of rotatable bonds is 4. The van der Waals surface area contributed by atoms with Crippen molar-refractivity contribution < 1.29 is 17.7 Å². The summed E-state index contributed by atoms with van der Waals surface area (Å²) in [6.07, 6.45) is 0.482. The SMILES string of the molecule is FC(F)(F)c1cccc(Nc2noc3c(-c4nccc(-c5cccnc5)n4)c(Cl)ccc23)c1. The van der Waals surface area contributed by atoms with Gasteiger partial charge in [0.25, 0.3) is 0 Å². The largest absolute Gasteiger partial charge is 0.416 e. The first-order valence-electron chi connectivity index (χ1n) is 9.66. The number of hydrogen-bond donors (Lipinski definition) is 1. The summed E-state index contributed by atoms with van der Waals surface area (Å²) in [5.74, 6) is 0.555. The molecule has 0 saturated carbocycles. The van der Waals surface area contributed by atoms with Crippen molar-refractivity contribution in [2.45, 2.75) is 6.18 Å². The van der Waals surface area contributed by atoms with Crippen LogP contribution in [-0.4, -0.2) is 20.1 Å². The number of aromatic nitrogens is 4. The van der Waals surface area contributed by atoms with Gasteiger partial charge < -0.3 is 9.84 Å². The summed E-state index contributed by atoms with van der Waals surface area (Å²) in [5.41, 5.74) is 1.61. The van der Waals surface area contributed by atoms with Crippen LogP contribution >= 0.6 is 11.6 Å². The summed E-state index contributed by atoms with van der Waals surface area (Å²) in [6, 6.07) is 13.5. The molecule has 0 radical (unpaired) electrons. The Morgan fingerprint density at radius 2 is 1.85 bits per heavy atom. The fourth-order valence-corrected chi connectivity index (χ4v) is 3.58. The van der Waals surface area contributed by atoms with E-state index in [1.165, 1.54) is 12.1 Å². The molecule has 6 nitrogen and oxygen atoms in total. The molecule has 5 rings (SSSR count). The van der Waals surface area contributed by atoms with E-state index in [0.29, 0.717) is 33.1 Å². The zero-order valence-corrected chi connectivity index (χ0v) is 17.4. The van der Waals surface area contributed by atoms with Crippen LogP contribution in [0.5, 0.6) is 0 Å². The zero-order chi connectivity index (χ0) is 23.0. The maximum Gasteiger partial charge on any atom is 0.416 e. The Kier molecular flexibility index (Phi) is 5.18. The van der Waals surface area contributed by atoms with Gasteiger partial charge in [-0.05, 0) is 48.5 Å². The van der Waals surface area contributed by atoms with Crippen LogP contribution in [0.2, 0.25) is 5.02 Å². The highest BCUT2D eigenvalue weighted by atomic mass is 35.5. The summed E-state index contributed by atoms with van der Waals surface area (Å²) in [6.45, 7) is 0. The third-order valence-electron chi connectivity index (χ3n) is 4.88. The number of hydrogen-bond acceptors (Lipinski definition) is 6. The first-order valence-corrected chi connectivity index (χ1v) is 10.0. The highest BCUT2D eigenvalue weighted by molar-refractivity contribution is 6.34. The predicted octanol–water partition coefficient (Wildman–Crippen LogP) is 6.76. The third-order valence-corrected chi connectivity index (χ3v) is 5.19. The number of anilines is 2. The predicted molar refractivity (Wildman–Crippen MR) is 118 cm³/mol. The normalized spacial score (nSPS) is 11.6. The lowest BCUT2D eigenvalue weighted by atomic mass is 10.1. The second-order valence-electron chi connectivity index (χ2n) is 7.04. The Morgan fingerprint density at radius 3 is 2.64 bits per heavy atom. The molecule has 0 unspecified atom stereocenters. The van der Waals surface area contributed by atoms with Gasteiger partial charge in [0.15, 0.2) is 17.2 Å². The molecular formula is C23H13ClF3N5O. The van der Waals surface area contributed by atoms with Gasteiger partial charge in [-0.25, -0.2) is 9.97 Å². The highest BCUT2D eigenvalue weighted by Gasteiger charge is 2.30. The summed E-state index contributed by atoms with van der Waals surface area (Å²) < 4.78 is 44.7. The lowest BCUT2D eigenvalue weighted by Gasteiger charge is -2.09. The molecule has 0 amide bonds. The first kappa shape index (κ1) is 20.9. The Bertz CT molecular complexity index is 1450. The molecule has 1 N–H and O–H groups in total. The standard InChI is InChI=1S/C23H13ClF3N5O/c24-17-7-6-16-20(19(17)22-29-10-8-18(31-22)13-3-2-9-28-12-13)33-32-21(16)30-15-5-1-4-14(11-15)23(25,26)27/h1-12H,(H,30,32). The summed E-state index contributed by atoms with van der Waals surface area (Å²) >= 11 is 6.45. The third kappa shape index (κ3) is 4.10.